The Kier molecular flexibility index (Phi) is 11.3. The van der Waals surface area contributed by atoms with Crippen LogP contribution in [0.5, 0.6) is 11.5 Å². The second-order valence-corrected chi connectivity index (χ2v) is 16.7. The van der Waals surface area contributed by atoms with E-state index in [2.05, 4.69) is 99.2 Å². The van der Waals surface area contributed by atoms with Crippen molar-refractivity contribution in [2.24, 2.45) is 14.1 Å². The molecule has 63 heavy (non-hydrogen) atoms. The Morgan fingerprint density at radius 3 is 1.43 bits per heavy atom. The van der Waals surface area contributed by atoms with Crippen LogP contribution >= 0.6 is 0 Å². The highest BCUT2D eigenvalue weighted by molar-refractivity contribution is 5.98. The van der Waals surface area contributed by atoms with Gasteiger partial charge in [-0.25, -0.2) is 9.59 Å². The summed E-state index contributed by atoms with van der Waals surface area (Å²) in [7, 11) is 8.86. The minimum atomic E-state index is -0.912. The normalized spacial score (nSPS) is 13.4. The summed E-state index contributed by atoms with van der Waals surface area (Å²) in [5.74, 6) is 1.44. The van der Waals surface area contributed by atoms with E-state index in [0.717, 1.165) is 91.0 Å². The molecule has 0 bridgehead atoms. The Morgan fingerprint density at radius 2 is 1.03 bits per heavy atom. The van der Waals surface area contributed by atoms with Crippen LogP contribution < -0.4 is 9.47 Å². The number of esters is 1. The molecule has 10 heteroatoms. The fourth-order valence-electron chi connectivity index (χ4n) is 8.54. The number of hydrogen-bond acceptors (Lipinski definition) is 7. The van der Waals surface area contributed by atoms with Crippen LogP contribution in [-0.2, 0) is 31.7 Å². The summed E-state index contributed by atoms with van der Waals surface area (Å²) in [6.07, 6.45) is 13.7. The second kappa shape index (κ2) is 17.3. The van der Waals surface area contributed by atoms with Crippen molar-refractivity contribution in [3.05, 3.63) is 167 Å². The van der Waals surface area contributed by atoms with E-state index in [1.165, 1.54) is 25.3 Å². The van der Waals surface area contributed by atoms with Crippen LogP contribution in [0.2, 0.25) is 0 Å². The molecular weight excluding hydrogens is 789 g/mol. The van der Waals surface area contributed by atoms with Crippen LogP contribution in [0.4, 0.5) is 0 Å². The van der Waals surface area contributed by atoms with Crippen molar-refractivity contribution in [3.8, 4) is 33.8 Å². The van der Waals surface area contributed by atoms with Crippen LogP contribution in [0, 0.1) is 0 Å². The number of rotatable bonds is 12. The Morgan fingerprint density at radius 1 is 0.603 bits per heavy atom. The third-order valence-electron chi connectivity index (χ3n) is 12.4. The van der Waals surface area contributed by atoms with E-state index in [1.807, 2.05) is 55.8 Å². The van der Waals surface area contributed by atoms with Crippen molar-refractivity contribution in [2.45, 2.75) is 50.4 Å². The molecule has 10 rings (SSSR count). The predicted molar refractivity (Wildman–Crippen MR) is 246 cm³/mol. The lowest BCUT2D eigenvalue weighted by Crippen LogP contribution is -2.09. The Bertz CT molecular complexity index is 2990. The molecule has 0 radical (unpaired) electrons. The first-order valence-electron chi connectivity index (χ1n) is 21.3. The molecule has 0 atom stereocenters. The average molecular weight is 839 g/mol. The molecule has 4 heterocycles. The summed E-state index contributed by atoms with van der Waals surface area (Å²) in [4.78, 5) is 33.5. The first-order chi connectivity index (χ1) is 30.6. The Balaban J connectivity index is 0.000000160. The molecule has 0 saturated heterocycles. The summed E-state index contributed by atoms with van der Waals surface area (Å²) in [6, 6.07) is 32.7. The van der Waals surface area contributed by atoms with Crippen LogP contribution in [0.3, 0.4) is 0 Å². The third kappa shape index (κ3) is 8.66. The zero-order valence-electron chi connectivity index (χ0n) is 36.2. The molecule has 8 aromatic rings. The number of aromatic carboxylic acids is 1. The van der Waals surface area contributed by atoms with Gasteiger partial charge in [-0.2, -0.15) is 0 Å². The van der Waals surface area contributed by atoms with E-state index in [1.54, 1.807) is 14.2 Å². The highest BCUT2D eigenvalue weighted by Crippen LogP contribution is 2.42. The molecule has 0 aliphatic heterocycles. The number of fused-ring (bicyclic) bond motifs is 2. The van der Waals surface area contributed by atoms with Gasteiger partial charge in [0.2, 0.25) is 0 Å². The smallest absolute Gasteiger partial charge is 0.339 e. The average Bonchev–Trinajstić information content (AvgIpc) is 4.26. The largest absolute Gasteiger partial charge is 0.497 e. The lowest BCUT2D eigenvalue weighted by atomic mass is 9.99. The summed E-state index contributed by atoms with van der Waals surface area (Å²) in [5.41, 5.74) is 13.4. The summed E-state index contributed by atoms with van der Waals surface area (Å²) in [5, 5.41) is 12.0. The highest BCUT2D eigenvalue weighted by atomic mass is 16.5. The number of hydrogen-bond donors (Lipinski definition) is 1. The van der Waals surface area contributed by atoms with Crippen molar-refractivity contribution < 1.29 is 28.9 Å². The van der Waals surface area contributed by atoms with E-state index < -0.39 is 5.97 Å². The SMILES string of the molecule is COC(=O)c1cc(C2CC2)cnc1Cc1ccc2c(c1)c(-c1ccc(OC)cc1)cn2C.COc1ccc(-c2cn(C)c3ccc(Cc4ncc(C5CC5)cc4C(=O)O)cc23)cc1. The van der Waals surface area contributed by atoms with Gasteiger partial charge >= 0.3 is 11.9 Å². The summed E-state index contributed by atoms with van der Waals surface area (Å²) in [6.45, 7) is 0. The summed E-state index contributed by atoms with van der Waals surface area (Å²) < 4.78 is 19.9. The molecule has 0 unspecified atom stereocenters. The van der Waals surface area contributed by atoms with Crippen molar-refractivity contribution in [2.75, 3.05) is 21.3 Å². The predicted octanol–water partition coefficient (Wildman–Crippen LogP) is 10.9. The Hall–Kier alpha value is -7.20. The first-order valence-corrected chi connectivity index (χ1v) is 21.3. The number of methoxy groups -OCH3 is 3. The van der Waals surface area contributed by atoms with E-state index in [-0.39, 0.29) is 5.97 Å². The number of pyridine rings is 2. The molecular formula is C53H50N4O6. The van der Waals surface area contributed by atoms with Gasteiger partial charge in [-0.3, -0.25) is 9.97 Å². The molecule has 2 fully saturated rings. The maximum Gasteiger partial charge on any atom is 0.339 e. The third-order valence-corrected chi connectivity index (χ3v) is 12.4. The van der Waals surface area contributed by atoms with Gasteiger partial charge in [0.15, 0.2) is 0 Å². The monoisotopic (exact) mass is 838 g/mol. The molecule has 4 aromatic carbocycles. The topological polar surface area (TPSA) is 118 Å². The van der Waals surface area contributed by atoms with Crippen molar-refractivity contribution in [3.63, 3.8) is 0 Å². The number of benzene rings is 4. The zero-order valence-corrected chi connectivity index (χ0v) is 36.2. The standard InChI is InChI=1S/C27H26N2O3.C26H24N2O3/c1-29-16-24(19-7-9-21(31-2)10-8-19)22-12-17(4-11-26(22)29)13-25-23(27(30)32-3)14-20(15-28-25)18-5-6-18;1-28-15-23(18-6-8-20(31-2)9-7-18)21-11-16(3-10-25(21)28)12-24-22(26(29)30)13-19(14-27-24)17-4-5-17/h4,7-12,14-16,18H,5-6,13H2,1-3H3;3,6-11,13-15,17H,4-5,12H2,1-2H3,(H,29,30). The molecule has 0 amide bonds. The number of aromatic nitrogens is 4. The molecule has 2 aliphatic carbocycles. The Labute approximate surface area is 366 Å². The fourth-order valence-corrected chi connectivity index (χ4v) is 8.54. The minimum absolute atomic E-state index is 0.313. The second-order valence-electron chi connectivity index (χ2n) is 16.7. The van der Waals surface area contributed by atoms with Gasteiger partial charge in [0, 0.05) is 84.7 Å². The first kappa shape index (κ1) is 41.2. The molecule has 4 aromatic heterocycles. The van der Waals surface area contributed by atoms with Gasteiger partial charge in [-0.05, 0) is 132 Å². The van der Waals surface area contributed by atoms with Crippen LogP contribution in [-0.4, -0.2) is 57.5 Å². The minimum Gasteiger partial charge on any atom is -0.497 e. The maximum atomic E-state index is 12.5. The molecule has 10 nitrogen and oxygen atoms in total. The lowest BCUT2D eigenvalue weighted by Gasteiger charge is -2.10. The van der Waals surface area contributed by atoms with E-state index in [0.29, 0.717) is 41.5 Å². The van der Waals surface area contributed by atoms with Crippen molar-refractivity contribution in [1.29, 1.82) is 0 Å². The number of carboxylic acids is 1. The number of aryl methyl sites for hydroxylation is 2. The van der Waals surface area contributed by atoms with Crippen molar-refractivity contribution >= 4 is 33.7 Å². The quantitative estimate of drug-likeness (QED) is 0.121. The zero-order chi connectivity index (χ0) is 43.8. The molecule has 0 spiro atoms. The maximum absolute atomic E-state index is 12.5. The van der Waals surface area contributed by atoms with Gasteiger partial charge in [-0.1, -0.05) is 36.4 Å². The lowest BCUT2D eigenvalue weighted by molar-refractivity contribution is 0.0598. The number of carbonyl (C=O) groups excluding carboxylic acids is 1. The van der Waals surface area contributed by atoms with E-state index in [9.17, 15) is 14.7 Å². The van der Waals surface area contributed by atoms with Gasteiger partial charge in [-0.15, -0.1) is 0 Å². The number of nitrogens with zero attached hydrogens (tertiary/aromatic N) is 4. The summed E-state index contributed by atoms with van der Waals surface area (Å²) >= 11 is 0. The number of ether oxygens (including phenoxy) is 3. The fraction of sp³-hybridized carbons (Fsp3) is 0.245. The van der Waals surface area contributed by atoms with Gasteiger partial charge in [0.25, 0.3) is 0 Å². The van der Waals surface area contributed by atoms with Gasteiger partial charge in [0.05, 0.1) is 43.8 Å². The molecule has 1 N–H and O–H groups in total. The van der Waals surface area contributed by atoms with Crippen LogP contribution in [0.1, 0.15) is 91.9 Å². The number of carboxylic acid groups (broad SMARTS) is 1. The highest BCUT2D eigenvalue weighted by Gasteiger charge is 2.27. The van der Waals surface area contributed by atoms with Gasteiger partial charge in [0.1, 0.15) is 11.5 Å². The van der Waals surface area contributed by atoms with E-state index >= 15 is 0 Å². The van der Waals surface area contributed by atoms with Crippen molar-refractivity contribution in [1.82, 2.24) is 19.1 Å². The molecule has 318 valence electrons. The van der Waals surface area contributed by atoms with Crippen LogP contribution in [0.25, 0.3) is 44.1 Å². The molecule has 2 aliphatic rings. The number of carbonyl (C=O) groups is 2. The van der Waals surface area contributed by atoms with E-state index in [4.69, 9.17) is 14.2 Å². The molecule has 2 saturated carbocycles. The van der Waals surface area contributed by atoms with Crippen LogP contribution in [0.15, 0.2) is 122 Å². The van der Waals surface area contributed by atoms with Gasteiger partial charge < -0.3 is 28.5 Å².